The molecule has 1 aromatic rings. The molecular weight excluding hydrogens is 431 g/mol. The fraction of sp³-hybridized carbons (Fsp3) is 0.722. The Morgan fingerprint density at radius 1 is 1.44 bits per heavy atom. The van der Waals surface area contributed by atoms with Gasteiger partial charge in [-0.15, -0.1) is 24.0 Å². The lowest BCUT2D eigenvalue weighted by molar-refractivity contribution is 0.0436. The first-order chi connectivity index (χ1) is 11.4. The van der Waals surface area contributed by atoms with Crippen LogP contribution in [-0.4, -0.2) is 54.2 Å². The highest BCUT2D eigenvalue weighted by Crippen LogP contribution is 2.21. The predicted octanol–water partition coefficient (Wildman–Crippen LogP) is 2.53. The van der Waals surface area contributed by atoms with Crippen LogP contribution in [0.5, 0.6) is 0 Å². The van der Waals surface area contributed by atoms with E-state index in [4.69, 9.17) is 4.42 Å². The quantitative estimate of drug-likeness (QED) is 0.343. The van der Waals surface area contributed by atoms with E-state index in [1.807, 2.05) is 6.92 Å². The van der Waals surface area contributed by atoms with E-state index >= 15 is 0 Å². The fourth-order valence-corrected chi connectivity index (χ4v) is 2.97. The van der Waals surface area contributed by atoms with Crippen molar-refractivity contribution in [2.24, 2.45) is 4.99 Å². The summed E-state index contributed by atoms with van der Waals surface area (Å²) in [6.07, 6.45) is 3.79. The molecule has 1 unspecified atom stereocenters. The molecule has 1 fully saturated rings. The molecule has 2 heterocycles. The first kappa shape index (κ1) is 22.2. The van der Waals surface area contributed by atoms with Crippen LogP contribution in [0.3, 0.4) is 0 Å². The monoisotopic (exact) mass is 464 g/mol. The lowest BCUT2D eigenvalue weighted by atomic mass is 10.0. The highest BCUT2D eigenvalue weighted by Gasteiger charge is 2.26. The van der Waals surface area contributed by atoms with Gasteiger partial charge in [0.15, 0.2) is 5.96 Å². The van der Waals surface area contributed by atoms with Crippen molar-refractivity contribution in [3.05, 3.63) is 24.2 Å². The van der Waals surface area contributed by atoms with Gasteiger partial charge in [0, 0.05) is 31.7 Å². The first-order valence-corrected chi connectivity index (χ1v) is 8.97. The molecule has 2 rings (SSSR count). The third-order valence-corrected chi connectivity index (χ3v) is 4.54. The lowest BCUT2D eigenvalue weighted by Crippen LogP contribution is -2.50. The second kappa shape index (κ2) is 10.4. The highest BCUT2D eigenvalue weighted by molar-refractivity contribution is 14.0. The number of rotatable bonds is 6. The Balaban J connectivity index is 0.00000312. The minimum atomic E-state index is -1.10. The average Bonchev–Trinajstić information content (AvgIpc) is 3.09. The number of hydrogen-bond donors (Lipinski definition) is 3. The molecular formula is C18H33IN4O2. The molecule has 0 spiro atoms. The van der Waals surface area contributed by atoms with Gasteiger partial charge in [0.05, 0.1) is 12.8 Å². The number of nitrogens with zero attached hydrogens (tertiary/aromatic N) is 2. The Morgan fingerprint density at radius 2 is 2.12 bits per heavy atom. The number of aliphatic imine (C=N–C) groups is 1. The fourth-order valence-electron chi connectivity index (χ4n) is 2.97. The molecule has 7 heteroatoms. The van der Waals surface area contributed by atoms with Crippen molar-refractivity contribution >= 4 is 29.9 Å². The Bertz CT molecular complexity index is 509. The van der Waals surface area contributed by atoms with E-state index in [0.29, 0.717) is 17.8 Å². The molecule has 1 aliphatic rings. The summed E-state index contributed by atoms with van der Waals surface area (Å²) in [5.41, 5.74) is -1.10. The summed E-state index contributed by atoms with van der Waals surface area (Å²) in [7, 11) is 0. The molecule has 6 nitrogen and oxygen atoms in total. The van der Waals surface area contributed by atoms with Crippen molar-refractivity contribution in [2.75, 3.05) is 26.2 Å². The standard InChI is InChI=1S/C18H32N4O2.HI/c1-5-19-17(20-13-18(4,23)16-7-6-12-24-16)21-15-8-10-22(11-9-15)14(2)3;/h6-7,12,14-15,23H,5,8-11,13H2,1-4H3,(H2,19,20,21);1H. The smallest absolute Gasteiger partial charge is 0.191 e. The van der Waals surface area contributed by atoms with Crippen LogP contribution in [0.15, 0.2) is 27.8 Å². The Hall–Kier alpha value is -0.800. The second-order valence-electron chi connectivity index (χ2n) is 6.99. The van der Waals surface area contributed by atoms with Crippen LogP contribution in [0.25, 0.3) is 0 Å². The minimum absolute atomic E-state index is 0. The molecule has 0 bridgehead atoms. The number of aliphatic hydroxyl groups is 1. The van der Waals surface area contributed by atoms with Gasteiger partial charge < -0.3 is 25.1 Å². The van der Waals surface area contributed by atoms with Gasteiger partial charge in [-0.1, -0.05) is 0 Å². The van der Waals surface area contributed by atoms with Crippen LogP contribution in [0, 0.1) is 0 Å². The normalized spacial score (nSPS) is 19.4. The maximum atomic E-state index is 10.5. The summed E-state index contributed by atoms with van der Waals surface area (Å²) < 4.78 is 5.31. The summed E-state index contributed by atoms with van der Waals surface area (Å²) in [5.74, 6) is 1.29. The largest absolute Gasteiger partial charge is 0.466 e. The van der Waals surface area contributed by atoms with Crippen molar-refractivity contribution in [3.8, 4) is 0 Å². The summed E-state index contributed by atoms with van der Waals surface area (Å²) in [4.78, 5) is 7.06. The van der Waals surface area contributed by atoms with Crippen LogP contribution < -0.4 is 10.6 Å². The average molecular weight is 464 g/mol. The zero-order chi connectivity index (χ0) is 17.6. The van der Waals surface area contributed by atoms with Crippen molar-refractivity contribution in [3.63, 3.8) is 0 Å². The van der Waals surface area contributed by atoms with Crippen molar-refractivity contribution in [1.29, 1.82) is 0 Å². The number of furan rings is 1. The summed E-state index contributed by atoms with van der Waals surface area (Å²) in [5, 5.41) is 17.3. The number of halogens is 1. The molecule has 1 aliphatic heterocycles. The predicted molar refractivity (Wildman–Crippen MR) is 113 cm³/mol. The van der Waals surface area contributed by atoms with E-state index in [-0.39, 0.29) is 30.5 Å². The summed E-state index contributed by atoms with van der Waals surface area (Å²) >= 11 is 0. The van der Waals surface area contributed by atoms with Crippen molar-refractivity contribution in [1.82, 2.24) is 15.5 Å². The maximum Gasteiger partial charge on any atom is 0.191 e. The zero-order valence-electron chi connectivity index (χ0n) is 15.8. The van der Waals surface area contributed by atoms with Crippen molar-refractivity contribution in [2.45, 2.75) is 58.2 Å². The van der Waals surface area contributed by atoms with E-state index in [0.717, 1.165) is 38.4 Å². The molecule has 1 atom stereocenters. The molecule has 0 amide bonds. The van der Waals surface area contributed by atoms with Gasteiger partial charge >= 0.3 is 0 Å². The van der Waals surface area contributed by atoms with Crippen LogP contribution in [0.2, 0.25) is 0 Å². The summed E-state index contributed by atoms with van der Waals surface area (Å²) in [6.45, 7) is 11.5. The van der Waals surface area contributed by atoms with Crippen LogP contribution >= 0.6 is 24.0 Å². The van der Waals surface area contributed by atoms with Crippen LogP contribution in [0.4, 0.5) is 0 Å². The number of hydrogen-bond acceptors (Lipinski definition) is 4. The second-order valence-corrected chi connectivity index (χ2v) is 6.99. The van der Waals surface area contributed by atoms with Gasteiger partial charge in [-0.05, 0) is 52.7 Å². The third kappa shape index (κ3) is 6.79. The third-order valence-electron chi connectivity index (χ3n) is 4.54. The van der Waals surface area contributed by atoms with E-state index in [9.17, 15) is 5.11 Å². The Morgan fingerprint density at radius 3 is 2.64 bits per heavy atom. The Labute approximate surface area is 168 Å². The summed E-state index contributed by atoms with van der Waals surface area (Å²) in [6, 6.07) is 4.58. The first-order valence-electron chi connectivity index (χ1n) is 8.97. The van der Waals surface area contributed by atoms with Crippen molar-refractivity contribution < 1.29 is 9.52 Å². The van der Waals surface area contributed by atoms with E-state index in [1.165, 1.54) is 0 Å². The molecule has 0 aliphatic carbocycles. The molecule has 144 valence electrons. The van der Waals surface area contributed by atoms with E-state index in [2.05, 4.69) is 34.4 Å². The minimum Gasteiger partial charge on any atom is -0.466 e. The van der Waals surface area contributed by atoms with Gasteiger partial charge in [-0.2, -0.15) is 0 Å². The van der Waals surface area contributed by atoms with E-state index < -0.39 is 5.60 Å². The molecule has 25 heavy (non-hydrogen) atoms. The topological polar surface area (TPSA) is 73.0 Å². The van der Waals surface area contributed by atoms with Crippen LogP contribution in [0.1, 0.15) is 46.3 Å². The van der Waals surface area contributed by atoms with Crippen LogP contribution in [-0.2, 0) is 5.60 Å². The number of likely N-dealkylation sites (tertiary alicyclic amines) is 1. The molecule has 1 aromatic heterocycles. The van der Waals surface area contributed by atoms with Gasteiger partial charge in [-0.25, -0.2) is 4.99 Å². The highest BCUT2D eigenvalue weighted by atomic mass is 127. The number of nitrogens with one attached hydrogen (secondary N) is 2. The lowest BCUT2D eigenvalue weighted by Gasteiger charge is -2.35. The van der Waals surface area contributed by atoms with E-state index in [1.54, 1.807) is 25.3 Å². The molecule has 0 aromatic carbocycles. The van der Waals surface area contributed by atoms with Gasteiger partial charge in [0.1, 0.15) is 11.4 Å². The van der Waals surface area contributed by atoms with Gasteiger partial charge in [0.25, 0.3) is 0 Å². The maximum absolute atomic E-state index is 10.5. The molecule has 0 radical (unpaired) electrons. The Kier molecular flexibility index (Phi) is 9.23. The number of guanidine groups is 1. The zero-order valence-corrected chi connectivity index (χ0v) is 18.1. The molecule has 1 saturated heterocycles. The number of piperidine rings is 1. The van der Waals surface area contributed by atoms with Gasteiger partial charge in [-0.3, -0.25) is 0 Å². The van der Waals surface area contributed by atoms with Gasteiger partial charge in [0.2, 0.25) is 0 Å². The molecule has 3 N–H and O–H groups in total. The molecule has 0 saturated carbocycles. The SMILES string of the molecule is CCNC(=NCC(C)(O)c1ccco1)NC1CCN(C(C)C)CC1.I.